The minimum atomic E-state index is 0.691. The van der Waals surface area contributed by atoms with Crippen LogP contribution in [0.15, 0.2) is 18.5 Å². The number of nitrogens with zero attached hydrogens (tertiary/aromatic N) is 3. The predicted octanol–water partition coefficient (Wildman–Crippen LogP) is 4.80. The first-order chi connectivity index (χ1) is 12.2. The van der Waals surface area contributed by atoms with Crippen molar-refractivity contribution in [2.75, 3.05) is 18.0 Å². The molecule has 2 aliphatic heterocycles. The second-order valence-corrected chi connectivity index (χ2v) is 8.19. The second-order valence-electron chi connectivity index (χ2n) is 6.99. The number of hydrogen-bond donors (Lipinski definition) is 0. The molecule has 0 aliphatic carbocycles. The lowest BCUT2D eigenvalue weighted by Crippen LogP contribution is -2.34. The number of hydrogen-bond acceptors (Lipinski definition) is 5. The molecule has 0 N–H and O–H groups in total. The van der Waals surface area contributed by atoms with Crippen LogP contribution in [0.1, 0.15) is 34.4 Å². The smallest absolute Gasteiger partial charge is 0.231 e. The Hall–Kier alpha value is -2.14. The van der Waals surface area contributed by atoms with E-state index in [0.29, 0.717) is 5.88 Å². The molecule has 2 aliphatic rings. The molecule has 0 saturated carbocycles. The molecule has 128 valence electrons. The van der Waals surface area contributed by atoms with Gasteiger partial charge in [-0.1, -0.05) is 6.07 Å². The highest BCUT2D eigenvalue weighted by molar-refractivity contribution is 7.18. The molecule has 0 fully saturated rings. The van der Waals surface area contributed by atoms with Crippen LogP contribution in [0.2, 0.25) is 0 Å². The van der Waals surface area contributed by atoms with E-state index < -0.39 is 0 Å². The number of rotatable bonds is 2. The van der Waals surface area contributed by atoms with Crippen LogP contribution >= 0.6 is 11.3 Å². The molecule has 25 heavy (non-hydrogen) atoms. The van der Waals surface area contributed by atoms with Crippen LogP contribution < -0.4 is 9.64 Å². The van der Waals surface area contributed by atoms with Crippen LogP contribution in [0.3, 0.4) is 0 Å². The second kappa shape index (κ2) is 5.70. The van der Waals surface area contributed by atoms with Gasteiger partial charge in [0.1, 0.15) is 16.9 Å². The zero-order chi connectivity index (χ0) is 17.0. The van der Waals surface area contributed by atoms with Gasteiger partial charge >= 0.3 is 0 Å². The summed E-state index contributed by atoms with van der Waals surface area (Å²) in [4.78, 5) is 13.7. The van der Waals surface area contributed by atoms with Gasteiger partial charge in [0.05, 0.1) is 5.39 Å². The molecular formula is C20H21N3OS. The number of anilines is 1. The number of benzene rings is 1. The zero-order valence-corrected chi connectivity index (χ0v) is 15.4. The SMILES string of the molecule is Cc1sc2ncnc(Oc3ccc4c5c3CCCN5CCC4)c2c1C. The fraction of sp³-hybridized carbons (Fsp3) is 0.400. The van der Waals surface area contributed by atoms with Crippen LogP contribution in [-0.4, -0.2) is 23.1 Å². The highest BCUT2D eigenvalue weighted by Gasteiger charge is 2.27. The van der Waals surface area contributed by atoms with Gasteiger partial charge in [-0.3, -0.25) is 0 Å². The van der Waals surface area contributed by atoms with E-state index in [2.05, 4.69) is 40.8 Å². The summed E-state index contributed by atoms with van der Waals surface area (Å²) in [5, 5.41) is 1.06. The fourth-order valence-electron chi connectivity index (χ4n) is 4.17. The van der Waals surface area contributed by atoms with Gasteiger partial charge in [0.15, 0.2) is 0 Å². The molecule has 3 aromatic rings. The van der Waals surface area contributed by atoms with Crippen LogP contribution in [0.4, 0.5) is 5.69 Å². The third-order valence-electron chi connectivity index (χ3n) is 5.51. The lowest BCUT2D eigenvalue weighted by molar-refractivity contribution is 0.457. The average molecular weight is 351 g/mol. The van der Waals surface area contributed by atoms with E-state index in [-0.39, 0.29) is 0 Å². The van der Waals surface area contributed by atoms with Gasteiger partial charge in [0.25, 0.3) is 0 Å². The summed E-state index contributed by atoms with van der Waals surface area (Å²) in [6.07, 6.45) is 6.34. The summed E-state index contributed by atoms with van der Waals surface area (Å²) in [5.74, 6) is 1.66. The molecule has 0 unspecified atom stereocenters. The Balaban J connectivity index is 1.63. The van der Waals surface area contributed by atoms with Crippen molar-refractivity contribution in [3.05, 3.63) is 40.0 Å². The van der Waals surface area contributed by atoms with Crippen LogP contribution in [0.5, 0.6) is 11.6 Å². The number of thiophene rings is 1. The molecule has 0 radical (unpaired) electrons. The highest BCUT2D eigenvalue weighted by Crippen LogP contribution is 2.43. The van der Waals surface area contributed by atoms with Crippen molar-refractivity contribution in [3.63, 3.8) is 0 Å². The van der Waals surface area contributed by atoms with Crippen molar-refractivity contribution >= 4 is 27.2 Å². The molecule has 0 saturated heterocycles. The topological polar surface area (TPSA) is 38.3 Å². The van der Waals surface area contributed by atoms with Gasteiger partial charge in [0.2, 0.25) is 5.88 Å². The summed E-state index contributed by atoms with van der Waals surface area (Å²) < 4.78 is 6.39. The minimum absolute atomic E-state index is 0.691. The van der Waals surface area contributed by atoms with E-state index >= 15 is 0 Å². The maximum atomic E-state index is 6.39. The summed E-state index contributed by atoms with van der Waals surface area (Å²) in [6.45, 7) is 6.60. The molecule has 0 spiro atoms. The largest absolute Gasteiger partial charge is 0.438 e. The third kappa shape index (κ3) is 2.33. The van der Waals surface area contributed by atoms with Crippen molar-refractivity contribution in [2.24, 2.45) is 0 Å². The van der Waals surface area contributed by atoms with Crippen molar-refractivity contribution in [1.82, 2.24) is 9.97 Å². The molecule has 0 atom stereocenters. The number of aromatic nitrogens is 2. The predicted molar refractivity (Wildman–Crippen MR) is 102 cm³/mol. The van der Waals surface area contributed by atoms with Crippen molar-refractivity contribution in [1.29, 1.82) is 0 Å². The average Bonchev–Trinajstić information content (AvgIpc) is 2.93. The van der Waals surface area contributed by atoms with E-state index in [1.165, 1.54) is 59.6 Å². The molecular weight excluding hydrogens is 330 g/mol. The van der Waals surface area contributed by atoms with E-state index in [1.54, 1.807) is 17.7 Å². The Morgan fingerprint density at radius 2 is 1.92 bits per heavy atom. The van der Waals surface area contributed by atoms with E-state index in [9.17, 15) is 0 Å². The maximum absolute atomic E-state index is 6.39. The number of aryl methyl sites for hydroxylation is 3. The monoisotopic (exact) mass is 351 g/mol. The van der Waals surface area contributed by atoms with Crippen molar-refractivity contribution in [2.45, 2.75) is 39.5 Å². The lowest BCUT2D eigenvalue weighted by Gasteiger charge is -2.37. The molecule has 5 rings (SSSR count). The summed E-state index contributed by atoms with van der Waals surface area (Å²) in [5.41, 5.74) is 5.49. The van der Waals surface area contributed by atoms with Gasteiger partial charge in [0, 0.05) is 29.2 Å². The van der Waals surface area contributed by atoms with E-state index in [4.69, 9.17) is 4.74 Å². The van der Waals surface area contributed by atoms with Gasteiger partial charge in [-0.05, 0) is 56.7 Å². The van der Waals surface area contributed by atoms with Crippen LogP contribution in [0, 0.1) is 13.8 Å². The normalized spacial score (nSPS) is 16.2. The van der Waals surface area contributed by atoms with Crippen LogP contribution in [0.25, 0.3) is 10.2 Å². The molecule has 1 aromatic carbocycles. The van der Waals surface area contributed by atoms with Gasteiger partial charge in [-0.2, -0.15) is 0 Å². The molecule has 2 aromatic heterocycles. The first-order valence-electron chi connectivity index (χ1n) is 9.00. The zero-order valence-electron chi connectivity index (χ0n) is 14.6. The van der Waals surface area contributed by atoms with Crippen LogP contribution in [-0.2, 0) is 12.8 Å². The molecule has 4 heterocycles. The first kappa shape index (κ1) is 15.1. The van der Waals surface area contributed by atoms with Gasteiger partial charge in [-0.15, -0.1) is 11.3 Å². The Morgan fingerprint density at radius 1 is 1.08 bits per heavy atom. The Kier molecular flexibility index (Phi) is 3.45. The fourth-order valence-corrected chi connectivity index (χ4v) is 5.16. The van der Waals surface area contributed by atoms with Gasteiger partial charge in [-0.25, -0.2) is 9.97 Å². The molecule has 0 amide bonds. The summed E-state index contributed by atoms with van der Waals surface area (Å²) in [6, 6.07) is 4.39. The van der Waals surface area contributed by atoms with Crippen molar-refractivity contribution < 1.29 is 4.74 Å². The molecule has 5 heteroatoms. The Morgan fingerprint density at radius 3 is 2.80 bits per heavy atom. The van der Waals surface area contributed by atoms with E-state index in [1.807, 2.05) is 0 Å². The third-order valence-corrected chi connectivity index (χ3v) is 6.62. The quantitative estimate of drug-likeness (QED) is 0.665. The lowest BCUT2D eigenvalue weighted by atomic mass is 9.91. The Bertz CT molecular complexity index is 977. The standard InChI is InChI=1S/C20H21N3OS/c1-12-13(2)25-20-17(12)19(21-11-22-20)24-16-8-7-14-5-3-9-23-10-4-6-15(16)18(14)23/h7-8,11H,3-6,9-10H2,1-2H3. The van der Waals surface area contributed by atoms with Gasteiger partial charge < -0.3 is 9.64 Å². The summed E-state index contributed by atoms with van der Waals surface area (Å²) in [7, 11) is 0. The molecule has 4 nitrogen and oxygen atoms in total. The molecule has 0 bridgehead atoms. The Labute approximate surface area is 151 Å². The number of ether oxygens (including phenoxy) is 1. The van der Waals surface area contributed by atoms with E-state index in [0.717, 1.165) is 22.4 Å². The number of fused-ring (bicyclic) bond motifs is 1. The van der Waals surface area contributed by atoms with Crippen molar-refractivity contribution in [3.8, 4) is 11.6 Å². The first-order valence-corrected chi connectivity index (χ1v) is 9.82. The maximum Gasteiger partial charge on any atom is 0.231 e. The summed E-state index contributed by atoms with van der Waals surface area (Å²) >= 11 is 1.71. The minimum Gasteiger partial charge on any atom is -0.438 e. The highest BCUT2D eigenvalue weighted by atomic mass is 32.1.